The number of ether oxygens (including phenoxy) is 1. The van der Waals surface area contributed by atoms with Gasteiger partial charge in [-0.15, -0.1) is 11.6 Å². The third kappa shape index (κ3) is 2.95. The zero-order chi connectivity index (χ0) is 12.6. The second kappa shape index (κ2) is 5.43. The molecule has 17 heavy (non-hydrogen) atoms. The number of benzene rings is 1. The Morgan fingerprint density at radius 2 is 2.18 bits per heavy atom. The summed E-state index contributed by atoms with van der Waals surface area (Å²) in [5.41, 5.74) is 0.402. The van der Waals surface area contributed by atoms with Crippen LogP contribution in [0.15, 0.2) is 16.6 Å². The minimum atomic E-state index is -0.495. The van der Waals surface area contributed by atoms with Crippen molar-refractivity contribution in [1.29, 1.82) is 0 Å². The van der Waals surface area contributed by atoms with E-state index in [1.165, 1.54) is 6.07 Å². The highest BCUT2D eigenvalue weighted by Gasteiger charge is 2.31. The fourth-order valence-corrected chi connectivity index (χ4v) is 2.84. The average Bonchev–Trinajstić information content (AvgIpc) is 2.69. The summed E-state index contributed by atoms with van der Waals surface area (Å²) in [5, 5.41) is -0.0383. The first kappa shape index (κ1) is 13.6. The first-order valence-corrected chi connectivity index (χ1v) is 7.03. The van der Waals surface area contributed by atoms with E-state index in [1.54, 1.807) is 6.07 Å². The average molecular weight is 342 g/mol. The molecule has 2 rings (SSSR count). The van der Waals surface area contributed by atoms with Crippen molar-refractivity contribution in [3.63, 3.8) is 0 Å². The lowest BCUT2D eigenvalue weighted by molar-refractivity contribution is 0.0528. The molecule has 1 aliphatic rings. The molecule has 0 bridgehead atoms. The summed E-state index contributed by atoms with van der Waals surface area (Å²) in [6.45, 7) is 1.99. The first-order valence-electron chi connectivity index (χ1n) is 5.43. The van der Waals surface area contributed by atoms with Crippen molar-refractivity contribution in [3.8, 4) is 0 Å². The molecule has 94 valence electrons. The summed E-state index contributed by atoms with van der Waals surface area (Å²) in [4.78, 5) is 0. The van der Waals surface area contributed by atoms with Crippen LogP contribution in [0.3, 0.4) is 0 Å². The van der Waals surface area contributed by atoms with Crippen LogP contribution in [0.5, 0.6) is 0 Å². The fraction of sp³-hybridized carbons (Fsp3) is 0.500. The van der Waals surface area contributed by atoms with Gasteiger partial charge < -0.3 is 4.74 Å². The second-order valence-corrected chi connectivity index (χ2v) is 5.98. The van der Waals surface area contributed by atoms with Gasteiger partial charge in [-0.1, -0.05) is 11.6 Å². The van der Waals surface area contributed by atoms with Crippen LogP contribution in [0.25, 0.3) is 0 Å². The fourth-order valence-electron chi connectivity index (χ4n) is 2.00. The summed E-state index contributed by atoms with van der Waals surface area (Å²) in [6.07, 6.45) is 1.86. The number of hydrogen-bond acceptors (Lipinski definition) is 1. The zero-order valence-corrected chi connectivity index (χ0v) is 12.3. The molecule has 0 radical (unpaired) electrons. The third-order valence-electron chi connectivity index (χ3n) is 2.93. The molecular weight excluding hydrogens is 330 g/mol. The highest BCUT2D eigenvalue weighted by molar-refractivity contribution is 9.10. The van der Waals surface area contributed by atoms with Crippen molar-refractivity contribution in [2.45, 2.75) is 37.4 Å². The van der Waals surface area contributed by atoms with Crippen LogP contribution in [-0.4, -0.2) is 12.2 Å². The number of halogens is 4. The summed E-state index contributed by atoms with van der Waals surface area (Å²) in [5.74, 6) is -0.357. The van der Waals surface area contributed by atoms with E-state index >= 15 is 0 Å². The SMILES string of the molecule is CC1CCC(C(Cl)c2cc(Cl)c(Br)cc2F)O1. The standard InChI is InChI=1S/C12H12BrCl2FO/c1-6-2-3-11(17-6)12(15)7-4-9(14)8(13)5-10(7)16/h4-6,11-12H,2-3H2,1H3. The molecule has 1 aliphatic heterocycles. The molecule has 0 saturated carbocycles. The molecule has 1 saturated heterocycles. The first-order chi connectivity index (χ1) is 7.99. The van der Waals surface area contributed by atoms with Crippen molar-refractivity contribution in [2.24, 2.45) is 0 Å². The number of hydrogen-bond donors (Lipinski definition) is 0. The molecule has 1 aromatic carbocycles. The van der Waals surface area contributed by atoms with Gasteiger partial charge in [0.1, 0.15) is 5.82 Å². The third-order valence-corrected chi connectivity index (χ3v) is 4.64. The van der Waals surface area contributed by atoms with Crippen LogP contribution in [0, 0.1) is 5.82 Å². The zero-order valence-electron chi connectivity index (χ0n) is 9.22. The van der Waals surface area contributed by atoms with Crippen molar-refractivity contribution in [1.82, 2.24) is 0 Å². The predicted molar refractivity (Wildman–Crippen MR) is 71.3 cm³/mol. The van der Waals surface area contributed by atoms with Crippen LogP contribution in [-0.2, 0) is 4.74 Å². The van der Waals surface area contributed by atoms with Crippen LogP contribution >= 0.6 is 39.1 Å². The Bertz CT molecular complexity index is 427. The number of rotatable bonds is 2. The normalized spacial score (nSPS) is 26.2. The molecule has 5 heteroatoms. The van der Waals surface area contributed by atoms with Gasteiger partial charge in [-0.3, -0.25) is 0 Å². The maximum Gasteiger partial charge on any atom is 0.129 e. The van der Waals surface area contributed by atoms with E-state index in [0.29, 0.717) is 15.1 Å². The predicted octanol–water partition coefficient (Wildman–Crippen LogP) is 5.09. The van der Waals surface area contributed by atoms with Gasteiger partial charge in [-0.25, -0.2) is 4.39 Å². The van der Waals surface area contributed by atoms with Crippen molar-refractivity contribution < 1.29 is 9.13 Å². The molecule has 0 N–H and O–H groups in total. The quantitative estimate of drug-likeness (QED) is 0.537. The van der Waals surface area contributed by atoms with Gasteiger partial charge in [-0.2, -0.15) is 0 Å². The van der Waals surface area contributed by atoms with Crippen molar-refractivity contribution in [2.75, 3.05) is 0 Å². The van der Waals surface area contributed by atoms with E-state index in [4.69, 9.17) is 27.9 Å². The number of alkyl halides is 1. The van der Waals surface area contributed by atoms with E-state index in [-0.39, 0.29) is 18.0 Å². The Hall–Kier alpha value is 0.170. The second-order valence-electron chi connectivity index (χ2n) is 4.25. The molecule has 3 atom stereocenters. The van der Waals surface area contributed by atoms with E-state index in [1.807, 2.05) is 6.92 Å². The van der Waals surface area contributed by atoms with Gasteiger partial charge in [0.25, 0.3) is 0 Å². The maximum atomic E-state index is 13.8. The molecule has 3 unspecified atom stereocenters. The van der Waals surface area contributed by atoms with E-state index in [0.717, 1.165) is 12.8 Å². The topological polar surface area (TPSA) is 9.23 Å². The maximum absolute atomic E-state index is 13.8. The summed E-state index contributed by atoms with van der Waals surface area (Å²) < 4.78 is 20.0. The van der Waals surface area contributed by atoms with E-state index < -0.39 is 5.38 Å². The Morgan fingerprint density at radius 3 is 2.76 bits per heavy atom. The van der Waals surface area contributed by atoms with Crippen molar-refractivity contribution >= 4 is 39.1 Å². The minimum absolute atomic E-state index is 0.140. The lowest BCUT2D eigenvalue weighted by Gasteiger charge is -2.19. The van der Waals surface area contributed by atoms with Crippen LogP contribution < -0.4 is 0 Å². The van der Waals surface area contributed by atoms with E-state index in [9.17, 15) is 4.39 Å². The largest absolute Gasteiger partial charge is 0.373 e. The molecule has 1 nitrogen and oxygen atoms in total. The molecule has 0 aromatic heterocycles. The molecule has 0 amide bonds. The van der Waals surface area contributed by atoms with Crippen LogP contribution in [0.2, 0.25) is 5.02 Å². The Morgan fingerprint density at radius 1 is 1.47 bits per heavy atom. The monoisotopic (exact) mass is 340 g/mol. The smallest absolute Gasteiger partial charge is 0.129 e. The van der Waals surface area contributed by atoms with Gasteiger partial charge in [-0.05, 0) is 47.8 Å². The molecule has 1 aromatic rings. The minimum Gasteiger partial charge on any atom is -0.373 e. The van der Waals surface area contributed by atoms with Crippen LogP contribution in [0.1, 0.15) is 30.7 Å². The Kier molecular flexibility index (Phi) is 4.35. The highest BCUT2D eigenvalue weighted by Crippen LogP contribution is 2.38. The highest BCUT2D eigenvalue weighted by atomic mass is 79.9. The summed E-state index contributed by atoms with van der Waals surface area (Å²) >= 11 is 15.4. The molecule has 1 fully saturated rings. The van der Waals surface area contributed by atoms with Crippen LogP contribution in [0.4, 0.5) is 4.39 Å². The molecule has 1 heterocycles. The van der Waals surface area contributed by atoms with Gasteiger partial charge >= 0.3 is 0 Å². The van der Waals surface area contributed by atoms with Gasteiger partial charge in [0.15, 0.2) is 0 Å². The lowest BCUT2D eigenvalue weighted by Crippen LogP contribution is -2.15. The molecule has 0 spiro atoms. The van der Waals surface area contributed by atoms with Gasteiger partial charge in [0, 0.05) is 10.0 Å². The molecular formula is C12H12BrCl2FO. The Labute approximate surface area is 118 Å². The summed E-state index contributed by atoms with van der Waals surface area (Å²) in [7, 11) is 0. The van der Waals surface area contributed by atoms with Crippen molar-refractivity contribution in [3.05, 3.63) is 33.0 Å². The molecule has 0 aliphatic carbocycles. The van der Waals surface area contributed by atoms with Gasteiger partial charge in [0.05, 0.1) is 22.6 Å². The summed E-state index contributed by atoms with van der Waals surface area (Å²) in [6, 6.07) is 2.90. The van der Waals surface area contributed by atoms with E-state index in [2.05, 4.69) is 15.9 Å². The Balaban J connectivity index is 2.24. The van der Waals surface area contributed by atoms with Gasteiger partial charge in [0.2, 0.25) is 0 Å². The lowest BCUT2D eigenvalue weighted by atomic mass is 10.0.